The number of anilines is 1. The Morgan fingerprint density at radius 1 is 1.10 bits per heavy atom. The zero-order valence-electron chi connectivity index (χ0n) is 23.6. The third-order valence-corrected chi connectivity index (χ3v) is 6.54. The van der Waals surface area contributed by atoms with Crippen LogP contribution in [0.2, 0.25) is 0 Å². The third-order valence-electron chi connectivity index (χ3n) is 6.54. The molecule has 4 N–H and O–H groups in total. The maximum absolute atomic E-state index is 13.7. The van der Waals surface area contributed by atoms with E-state index in [2.05, 4.69) is 26.3 Å². The quantitative estimate of drug-likeness (QED) is 0.235. The maximum atomic E-state index is 13.7. The van der Waals surface area contributed by atoms with Crippen molar-refractivity contribution in [2.24, 2.45) is 13.0 Å². The Bertz CT molecular complexity index is 1360. The molecular formula is C26H34F3N7O6. The van der Waals surface area contributed by atoms with Crippen molar-refractivity contribution in [1.29, 1.82) is 0 Å². The number of aryl methyl sites for hydroxylation is 1. The van der Waals surface area contributed by atoms with Crippen molar-refractivity contribution in [3.05, 3.63) is 46.4 Å². The number of halogens is 3. The second-order valence-electron chi connectivity index (χ2n) is 9.51. The topological polar surface area (TPSA) is 173 Å². The summed E-state index contributed by atoms with van der Waals surface area (Å²) in [5.74, 6) is -4.35. The van der Waals surface area contributed by atoms with Crippen LogP contribution < -0.4 is 26.8 Å². The molecule has 1 atom stereocenters. The summed E-state index contributed by atoms with van der Waals surface area (Å²) in [5, 5.41) is 9.15. The normalized spacial score (nSPS) is 12.0. The molecule has 13 nitrogen and oxygen atoms in total. The van der Waals surface area contributed by atoms with E-state index >= 15 is 0 Å². The number of ketones is 1. The summed E-state index contributed by atoms with van der Waals surface area (Å²) >= 11 is 0. The zero-order valence-corrected chi connectivity index (χ0v) is 23.6. The molecule has 2 aromatic rings. The number of aromatic nitrogens is 3. The van der Waals surface area contributed by atoms with Crippen molar-refractivity contribution in [2.75, 3.05) is 18.9 Å². The number of hydrogen-bond donors (Lipinski definition) is 4. The van der Waals surface area contributed by atoms with Crippen LogP contribution >= 0.6 is 0 Å². The molecule has 0 saturated heterocycles. The van der Waals surface area contributed by atoms with E-state index in [0.717, 1.165) is 12.8 Å². The van der Waals surface area contributed by atoms with Crippen molar-refractivity contribution in [3.63, 3.8) is 0 Å². The molecule has 0 aliphatic heterocycles. The minimum absolute atomic E-state index is 0.0197. The number of Topliss-reactive ketones (excluding diaryl/α,β-unsaturated/α-hetero) is 1. The Labute approximate surface area is 239 Å². The highest BCUT2D eigenvalue weighted by Crippen LogP contribution is 2.29. The van der Waals surface area contributed by atoms with Crippen LogP contribution in [0.1, 0.15) is 55.6 Å². The number of nitrogens with zero attached hydrogens (tertiary/aromatic N) is 3. The third kappa shape index (κ3) is 9.27. The Morgan fingerprint density at radius 2 is 1.76 bits per heavy atom. The van der Waals surface area contributed by atoms with Crippen molar-refractivity contribution in [1.82, 2.24) is 30.1 Å². The predicted molar refractivity (Wildman–Crippen MR) is 144 cm³/mol. The highest BCUT2D eigenvalue weighted by molar-refractivity contribution is 6.36. The van der Waals surface area contributed by atoms with E-state index in [1.165, 1.54) is 31.2 Å². The molecule has 2 heterocycles. The maximum Gasteiger partial charge on any atom is 0.417 e. The van der Waals surface area contributed by atoms with E-state index in [-0.39, 0.29) is 18.2 Å². The number of alkyl halides is 3. The summed E-state index contributed by atoms with van der Waals surface area (Å²) in [5.41, 5.74) is -3.20. The lowest BCUT2D eigenvalue weighted by molar-refractivity contribution is -0.138. The van der Waals surface area contributed by atoms with Gasteiger partial charge in [0.2, 0.25) is 17.6 Å². The molecule has 0 fully saturated rings. The van der Waals surface area contributed by atoms with Gasteiger partial charge in [0.1, 0.15) is 24.0 Å². The summed E-state index contributed by atoms with van der Waals surface area (Å²) in [6, 6.07) is -1.14. The van der Waals surface area contributed by atoms with Crippen LogP contribution in [0.3, 0.4) is 0 Å². The smallest absolute Gasteiger partial charge is 0.354 e. The molecule has 16 heteroatoms. The zero-order chi connectivity index (χ0) is 31.6. The summed E-state index contributed by atoms with van der Waals surface area (Å²) in [6.07, 6.45) is -1.36. The molecular weight excluding hydrogens is 563 g/mol. The number of carbonyl (C=O) groups is 5. The lowest BCUT2D eigenvalue weighted by atomic mass is 10.0. The number of imidazole rings is 1. The van der Waals surface area contributed by atoms with E-state index in [1.54, 1.807) is 0 Å². The minimum atomic E-state index is -4.94. The van der Waals surface area contributed by atoms with Crippen LogP contribution in [0.15, 0.2) is 29.6 Å². The van der Waals surface area contributed by atoms with Gasteiger partial charge in [-0.05, 0) is 18.4 Å². The van der Waals surface area contributed by atoms with Crippen LogP contribution in [0.5, 0.6) is 0 Å². The Hall–Kier alpha value is -4.50. The lowest BCUT2D eigenvalue weighted by Gasteiger charge is -2.19. The first-order valence-electron chi connectivity index (χ1n) is 13.1. The summed E-state index contributed by atoms with van der Waals surface area (Å²) < 4.78 is 42.9. The van der Waals surface area contributed by atoms with Gasteiger partial charge in [0, 0.05) is 33.3 Å². The number of rotatable bonds is 14. The van der Waals surface area contributed by atoms with E-state index in [1.807, 2.05) is 13.8 Å². The molecule has 2 rings (SSSR count). The molecule has 0 spiro atoms. The average Bonchev–Trinajstić information content (AvgIpc) is 3.37. The second kappa shape index (κ2) is 14.9. The van der Waals surface area contributed by atoms with E-state index in [4.69, 9.17) is 0 Å². The largest absolute Gasteiger partial charge is 0.417 e. The fraction of sp³-hybridized carbons (Fsp3) is 0.500. The summed E-state index contributed by atoms with van der Waals surface area (Å²) in [6.45, 7) is 3.38. The van der Waals surface area contributed by atoms with Crippen LogP contribution in [0.25, 0.3) is 0 Å². The lowest BCUT2D eigenvalue weighted by Crippen LogP contribution is -2.46. The first kappa shape index (κ1) is 33.7. The molecule has 230 valence electrons. The van der Waals surface area contributed by atoms with Gasteiger partial charge in [-0.15, -0.1) is 0 Å². The SMILES string of the molecule is CCC(CC)CNC(=O)Cn1cc(C(F)(F)F)cc(NC(=O)[C@H](CCC(=O)C(=O)NC)NC(=O)c2cncn2C)c1=O. The van der Waals surface area contributed by atoms with Gasteiger partial charge in [0.25, 0.3) is 17.4 Å². The molecule has 0 aliphatic carbocycles. The van der Waals surface area contributed by atoms with Gasteiger partial charge in [-0.2, -0.15) is 13.2 Å². The van der Waals surface area contributed by atoms with Crippen molar-refractivity contribution in [2.45, 2.75) is 58.3 Å². The van der Waals surface area contributed by atoms with Crippen molar-refractivity contribution >= 4 is 35.1 Å². The van der Waals surface area contributed by atoms with Gasteiger partial charge in [-0.25, -0.2) is 4.98 Å². The Kier molecular flexibility index (Phi) is 12.0. The summed E-state index contributed by atoms with van der Waals surface area (Å²) in [4.78, 5) is 78.8. The molecule has 0 bridgehead atoms. The number of pyridine rings is 1. The standard InChI is InChI=1S/C26H34F3N7O6/c1-5-15(6-2)10-32-21(38)13-36-12-16(26(27,28)29)9-18(25(36)42)34-22(39)17(7-8-20(37)24(41)30-3)33-23(40)19-11-31-14-35(19)4/h9,11-12,14-15,17H,5-8,10,13H2,1-4H3,(H,30,41)(H,32,38)(H,33,40)(H,34,39)/t17-/m0/s1. The number of hydrogen-bond acceptors (Lipinski definition) is 7. The van der Waals surface area contributed by atoms with E-state index in [9.17, 15) is 41.9 Å². The Morgan fingerprint density at radius 3 is 2.31 bits per heavy atom. The number of likely N-dealkylation sites (N-methyl/N-ethyl adjacent to an activating group) is 1. The highest BCUT2D eigenvalue weighted by atomic mass is 19.4. The monoisotopic (exact) mass is 597 g/mol. The Balaban J connectivity index is 2.37. The van der Waals surface area contributed by atoms with Gasteiger partial charge < -0.3 is 30.4 Å². The molecule has 4 amide bonds. The first-order chi connectivity index (χ1) is 19.7. The van der Waals surface area contributed by atoms with Gasteiger partial charge in [0.05, 0.1) is 18.1 Å². The second-order valence-corrected chi connectivity index (χ2v) is 9.51. The minimum Gasteiger partial charge on any atom is -0.354 e. The van der Waals surface area contributed by atoms with Gasteiger partial charge in [-0.1, -0.05) is 26.7 Å². The molecule has 0 radical (unpaired) electrons. The molecule has 0 aromatic carbocycles. The highest BCUT2D eigenvalue weighted by Gasteiger charge is 2.33. The van der Waals surface area contributed by atoms with E-state index < -0.39 is 77.8 Å². The number of amides is 4. The van der Waals surface area contributed by atoms with E-state index in [0.29, 0.717) is 16.8 Å². The van der Waals surface area contributed by atoms with Crippen LogP contribution in [-0.2, 0) is 38.9 Å². The molecule has 0 unspecified atom stereocenters. The van der Waals surface area contributed by atoms with Crippen molar-refractivity contribution in [3.8, 4) is 0 Å². The number of carbonyl (C=O) groups excluding carboxylic acids is 5. The fourth-order valence-corrected chi connectivity index (χ4v) is 3.87. The first-order valence-corrected chi connectivity index (χ1v) is 13.1. The van der Waals surface area contributed by atoms with Crippen LogP contribution in [-0.4, -0.2) is 63.2 Å². The summed E-state index contributed by atoms with van der Waals surface area (Å²) in [7, 11) is 2.72. The predicted octanol–water partition coefficient (Wildman–Crippen LogP) is 0.985. The van der Waals surface area contributed by atoms with Crippen LogP contribution in [0.4, 0.5) is 18.9 Å². The molecule has 42 heavy (non-hydrogen) atoms. The fourth-order valence-electron chi connectivity index (χ4n) is 3.87. The van der Waals surface area contributed by atoms with Gasteiger partial charge in [0.15, 0.2) is 0 Å². The number of nitrogens with one attached hydrogen (secondary N) is 4. The molecule has 0 aliphatic rings. The van der Waals surface area contributed by atoms with Gasteiger partial charge in [-0.3, -0.25) is 28.8 Å². The van der Waals surface area contributed by atoms with Crippen molar-refractivity contribution < 1.29 is 37.1 Å². The van der Waals surface area contributed by atoms with Crippen LogP contribution in [0, 0.1) is 5.92 Å². The average molecular weight is 598 g/mol. The molecule has 2 aromatic heterocycles. The molecule has 0 saturated carbocycles. The van der Waals surface area contributed by atoms with Gasteiger partial charge >= 0.3 is 6.18 Å².